The second-order valence-corrected chi connectivity index (χ2v) is 5.74. The van der Waals surface area contributed by atoms with Gasteiger partial charge in [0.25, 0.3) is 5.91 Å². The van der Waals surface area contributed by atoms with E-state index in [0.29, 0.717) is 5.92 Å². The van der Waals surface area contributed by atoms with Crippen LogP contribution in [0.3, 0.4) is 0 Å². The fourth-order valence-electron chi connectivity index (χ4n) is 3.00. The summed E-state index contributed by atoms with van der Waals surface area (Å²) in [5, 5.41) is 3.06. The van der Waals surface area contributed by atoms with E-state index in [1.54, 1.807) is 0 Å². The average molecular weight is 284 g/mol. The van der Waals surface area contributed by atoms with E-state index < -0.39 is 11.7 Å². The summed E-state index contributed by atoms with van der Waals surface area (Å²) in [7, 11) is 0. The highest BCUT2D eigenvalue weighted by Gasteiger charge is 2.33. The van der Waals surface area contributed by atoms with Crippen LogP contribution in [-0.4, -0.2) is 41.5 Å². The Bertz CT molecular complexity index is 499. The van der Waals surface area contributed by atoms with Crippen LogP contribution >= 0.6 is 11.6 Å². The smallest absolute Gasteiger partial charge is 0.273 e. The highest BCUT2D eigenvalue weighted by atomic mass is 35.5. The van der Waals surface area contributed by atoms with Gasteiger partial charge in [-0.2, -0.15) is 0 Å². The van der Waals surface area contributed by atoms with Crippen molar-refractivity contribution in [1.82, 2.24) is 15.2 Å². The second kappa shape index (κ2) is 5.06. The standard InChI is InChI=1S/C13H15ClFN3O/c14-9-4-11(15)12(16-5-9)13(19)17-10-3-8-1-2-18(6-8)7-10/h4-5,8,10H,1-3,6-7H2,(H,17,19)/t8-,10-/m1/s1. The Hall–Kier alpha value is -1.20. The van der Waals surface area contributed by atoms with Crippen molar-refractivity contribution in [2.45, 2.75) is 18.9 Å². The summed E-state index contributed by atoms with van der Waals surface area (Å²) in [6, 6.07) is 1.20. The molecule has 1 aromatic rings. The van der Waals surface area contributed by atoms with Crippen molar-refractivity contribution in [2.24, 2.45) is 5.92 Å². The fraction of sp³-hybridized carbons (Fsp3) is 0.538. The Morgan fingerprint density at radius 1 is 1.53 bits per heavy atom. The molecule has 1 unspecified atom stereocenters. The van der Waals surface area contributed by atoms with Gasteiger partial charge in [0.05, 0.1) is 5.02 Å². The summed E-state index contributed by atoms with van der Waals surface area (Å²) >= 11 is 5.62. The maximum Gasteiger partial charge on any atom is 0.273 e. The molecule has 3 heterocycles. The van der Waals surface area contributed by atoms with Crippen molar-refractivity contribution in [3.8, 4) is 0 Å². The summed E-state index contributed by atoms with van der Waals surface area (Å²) < 4.78 is 13.6. The number of fused-ring (bicyclic) bond motifs is 2. The first-order chi connectivity index (χ1) is 9.11. The molecule has 2 saturated heterocycles. The van der Waals surface area contributed by atoms with Crippen LogP contribution in [0.1, 0.15) is 23.3 Å². The van der Waals surface area contributed by atoms with Crippen molar-refractivity contribution in [1.29, 1.82) is 0 Å². The first-order valence-electron chi connectivity index (χ1n) is 6.46. The third kappa shape index (κ3) is 2.72. The quantitative estimate of drug-likeness (QED) is 0.898. The number of hydrogen-bond donors (Lipinski definition) is 1. The van der Waals surface area contributed by atoms with Crippen LogP contribution in [0.5, 0.6) is 0 Å². The molecule has 0 saturated carbocycles. The summed E-state index contributed by atoms with van der Waals surface area (Å²) in [6.45, 7) is 3.07. The monoisotopic (exact) mass is 283 g/mol. The number of pyridine rings is 1. The molecule has 4 nitrogen and oxygen atoms in total. The molecule has 2 aliphatic rings. The highest BCUT2D eigenvalue weighted by Crippen LogP contribution is 2.26. The zero-order valence-corrected chi connectivity index (χ0v) is 11.2. The van der Waals surface area contributed by atoms with Gasteiger partial charge in [0, 0.05) is 25.3 Å². The summed E-state index contributed by atoms with van der Waals surface area (Å²) in [6.07, 6.45) is 3.45. The van der Waals surface area contributed by atoms with E-state index in [2.05, 4.69) is 15.2 Å². The zero-order valence-electron chi connectivity index (χ0n) is 10.4. The summed E-state index contributed by atoms with van der Waals surface area (Å²) in [5.74, 6) is -0.479. The number of halogens is 2. The van der Waals surface area contributed by atoms with E-state index in [1.807, 2.05) is 0 Å². The van der Waals surface area contributed by atoms with Gasteiger partial charge in [0.15, 0.2) is 11.5 Å². The van der Waals surface area contributed by atoms with Gasteiger partial charge in [-0.25, -0.2) is 9.37 Å². The fourth-order valence-corrected chi connectivity index (χ4v) is 3.14. The van der Waals surface area contributed by atoms with Crippen LogP contribution in [0.4, 0.5) is 4.39 Å². The molecule has 3 rings (SSSR count). The van der Waals surface area contributed by atoms with Gasteiger partial charge in [-0.05, 0) is 31.4 Å². The Labute approximate surface area is 115 Å². The lowest BCUT2D eigenvalue weighted by Gasteiger charge is -2.30. The lowest BCUT2D eigenvalue weighted by Crippen LogP contribution is -2.47. The zero-order chi connectivity index (χ0) is 13.4. The van der Waals surface area contributed by atoms with E-state index >= 15 is 0 Å². The normalized spacial score (nSPS) is 29.3. The average Bonchev–Trinajstić information content (AvgIpc) is 2.68. The molecule has 0 aromatic carbocycles. The lowest BCUT2D eigenvalue weighted by atomic mass is 9.97. The Balaban J connectivity index is 1.68. The van der Waals surface area contributed by atoms with Gasteiger partial charge in [0.1, 0.15) is 0 Å². The predicted octanol–water partition coefficient (Wildman–Crippen LogP) is 1.70. The highest BCUT2D eigenvalue weighted by molar-refractivity contribution is 6.30. The van der Waals surface area contributed by atoms with Gasteiger partial charge in [0.2, 0.25) is 0 Å². The molecular formula is C13H15ClFN3O. The molecule has 1 N–H and O–H groups in total. The van der Waals surface area contributed by atoms with Crippen LogP contribution in [0, 0.1) is 11.7 Å². The van der Waals surface area contributed by atoms with Crippen LogP contribution in [0.2, 0.25) is 5.02 Å². The molecule has 0 radical (unpaired) electrons. The number of amides is 1. The largest absolute Gasteiger partial charge is 0.347 e. The van der Waals surface area contributed by atoms with Crippen molar-refractivity contribution in [3.63, 3.8) is 0 Å². The van der Waals surface area contributed by atoms with E-state index in [-0.39, 0.29) is 16.8 Å². The number of nitrogens with zero attached hydrogens (tertiary/aromatic N) is 2. The first-order valence-corrected chi connectivity index (χ1v) is 6.84. The Morgan fingerprint density at radius 3 is 3.11 bits per heavy atom. The molecule has 6 heteroatoms. The molecule has 1 aromatic heterocycles. The SMILES string of the molecule is O=C(N[C@@H]1C[C@H]2CCN(C2)C1)c1ncc(Cl)cc1F. The second-order valence-electron chi connectivity index (χ2n) is 5.30. The molecule has 1 amide bonds. The summed E-state index contributed by atoms with van der Waals surface area (Å²) in [5.41, 5.74) is -0.183. The first kappa shape index (κ1) is 12.8. The Kier molecular flexibility index (Phi) is 3.41. The minimum absolute atomic E-state index is 0.0885. The molecule has 0 spiro atoms. The van der Waals surface area contributed by atoms with Gasteiger partial charge >= 0.3 is 0 Å². The lowest BCUT2D eigenvalue weighted by molar-refractivity contribution is 0.0900. The maximum atomic E-state index is 13.6. The molecule has 2 fully saturated rings. The van der Waals surface area contributed by atoms with Crippen molar-refractivity contribution < 1.29 is 9.18 Å². The van der Waals surface area contributed by atoms with Gasteiger partial charge in [-0.1, -0.05) is 11.6 Å². The minimum atomic E-state index is -0.677. The number of nitrogens with one attached hydrogen (secondary N) is 1. The van der Waals surface area contributed by atoms with Crippen molar-refractivity contribution in [3.05, 3.63) is 28.8 Å². The van der Waals surface area contributed by atoms with E-state index in [4.69, 9.17) is 11.6 Å². The number of carbonyl (C=O) groups excluding carboxylic acids is 1. The van der Waals surface area contributed by atoms with E-state index in [1.165, 1.54) is 12.6 Å². The topological polar surface area (TPSA) is 45.2 Å². The molecule has 19 heavy (non-hydrogen) atoms. The minimum Gasteiger partial charge on any atom is -0.347 e. The van der Waals surface area contributed by atoms with E-state index in [9.17, 15) is 9.18 Å². The van der Waals surface area contributed by atoms with Crippen LogP contribution in [0.15, 0.2) is 12.3 Å². The van der Waals surface area contributed by atoms with Crippen molar-refractivity contribution >= 4 is 17.5 Å². The van der Waals surface area contributed by atoms with Crippen LogP contribution < -0.4 is 5.32 Å². The van der Waals surface area contributed by atoms with Crippen LogP contribution in [0.25, 0.3) is 0 Å². The van der Waals surface area contributed by atoms with Gasteiger partial charge in [-0.3, -0.25) is 4.79 Å². The van der Waals surface area contributed by atoms with Crippen molar-refractivity contribution in [2.75, 3.05) is 19.6 Å². The molecule has 2 bridgehead atoms. The van der Waals surface area contributed by atoms with E-state index in [0.717, 1.165) is 32.1 Å². The number of rotatable bonds is 2. The molecule has 3 atom stereocenters. The van der Waals surface area contributed by atoms with Gasteiger partial charge in [-0.15, -0.1) is 0 Å². The third-order valence-corrected chi connectivity index (χ3v) is 4.03. The number of hydrogen-bond acceptors (Lipinski definition) is 3. The number of aromatic nitrogens is 1. The predicted molar refractivity (Wildman–Crippen MR) is 69.6 cm³/mol. The number of carbonyl (C=O) groups is 1. The molecular weight excluding hydrogens is 269 g/mol. The van der Waals surface area contributed by atoms with Gasteiger partial charge < -0.3 is 10.2 Å². The molecule has 0 aliphatic carbocycles. The Morgan fingerprint density at radius 2 is 2.37 bits per heavy atom. The third-order valence-electron chi connectivity index (χ3n) is 3.82. The molecule has 102 valence electrons. The summed E-state index contributed by atoms with van der Waals surface area (Å²) in [4.78, 5) is 18.1. The number of piperidine rings is 1. The van der Waals surface area contributed by atoms with Crippen LogP contribution in [-0.2, 0) is 0 Å². The maximum absolute atomic E-state index is 13.6. The molecule has 2 aliphatic heterocycles.